The first-order chi connectivity index (χ1) is 13.1. The molecule has 5 nitrogen and oxygen atoms in total. The topological polar surface area (TPSA) is 29.2 Å². The van der Waals surface area contributed by atoms with Crippen molar-refractivity contribution >= 4 is 17.9 Å². The van der Waals surface area contributed by atoms with Crippen LogP contribution in [0.1, 0.15) is 11.4 Å². The van der Waals surface area contributed by atoms with Crippen molar-refractivity contribution in [2.45, 2.75) is 20.5 Å². The van der Waals surface area contributed by atoms with Crippen LogP contribution in [0.3, 0.4) is 0 Å². The highest BCUT2D eigenvalue weighted by Gasteiger charge is 2.19. The highest BCUT2D eigenvalue weighted by atomic mass is 32.1. The smallest absolute Gasteiger partial charge is 0.203 e. The van der Waals surface area contributed by atoms with Gasteiger partial charge in [0, 0.05) is 31.9 Å². The van der Waals surface area contributed by atoms with Crippen LogP contribution in [0.25, 0.3) is 5.69 Å². The minimum absolute atomic E-state index is 0.737. The van der Waals surface area contributed by atoms with Crippen LogP contribution < -0.4 is 4.90 Å². The fraction of sp³-hybridized carbons (Fsp3) is 0.333. The summed E-state index contributed by atoms with van der Waals surface area (Å²) in [4.78, 5) is 4.86. The molecule has 0 spiro atoms. The van der Waals surface area contributed by atoms with Gasteiger partial charge in [-0.15, -0.1) is 0 Å². The van der Waals surface area contributed by atoms with E-state index in [1.165, 1.54) is 11.3 Å². The van der Waals surface area contributed by atoms with Crippen LogP contribution in [0.15, 0.2) is 54.6 Å². The molecule has 1 fully saturated rings. The fourth-order valence-corrected chi connectivity index (χ4v) is 4.00. The summed E-state index contributed by atoms with van der Waals surface area (Å²) in [6.45, 7) is 8.92. The lowest BCUT2D eigenvalue weighted by Gasteiger charge is -2.35. The molecule has 6 heteroatoms. The number of rotatable bonds is 4. The Labute approximate surface area is 165 Å². The molecule has 1 aromatic heterocycles. The monoisotopic (exact) mass is 379 g/mol. The van der Waals surface area contributed by atoms with Crippen molar-refractivity contribution in [1.82, 2.24) is 19.2 Å². The molecule has 140 valence electrons. The Morgan fingerprint density at radius 3 is 2.26 bits per heavy atom. The molecule has 0 aliphatic carbocycles. The van der Waals surface area contributed by atoms with Crippen LogP contribution in [-0.4, -0.2) is 45.4 Å². The lowest BCUT2D eigenvalue weighted by Crippen LogP contribution is -2.47. The van der Waals surface area contributed by atoms with Crippen molar-refractivity contribution in [2.75, 3.05) is 31.1 Å². The molecule has 3 aromatic rings. The number of benzene rings is 2. The van der Waals surface area contributed by atoms with E-state index in [-0.39, 0.29) is 0 Å². The normalized spacial score (nSPS) is 15.3. The molecule has 0 radical (unpaired) electrons. The largest absolute Gasteiger partial charge is 0.369 e. The van der Waals surface area contributed by atoms with Gasteiger partial charge in [0.25, 0.3) is 0 Å². The molecule has 1 aliphatic heterocycles. The van der Waals surface area contributed by atoms with Crippen LogP contribution in [0.4, 0.5) is 5.69 Å². The fourth-order valence-electron chi connectivity index (χ4n) is 3.68. The number of aryl methyl sites for hydroxylation is 2. The molecule has 0 unspecified atom stereocenters. The third-order valence-electron chi connectivity index (χ3n) is 5.19. The van der Waals surface area contributed by atoms with Gasteiger partial charge in [0.05, 0.1) is 12.4 Å². The second kappa shape index (κ2) is 7.66. The quantitative estimate of drug-likeness (QED) is 0.645. The van der Waals surface area contributed by atoms with Gasteiger partial charge >= 0.3 is 0 Å². The average Bonchev–Trinajstić information content (AvgIpc) is 2.97. The van der Waals surface area contributed by atoms with E-state index in [9.17, 15) is 0 Å². The number of anilines is 1. The minimum Gasteiger partial charge on any atom is -0.369 e. The first-order valence-corrected chi connectivity index (χ1v) is 9.79. The van der Waals surface area contributed by atoms with Gasteiger partial charge in [-0.25, -0.2) is 4.68 Å². The van der Waals surface area contributed by atoms with E-state index in [0.29, 0.717) is 0 Å². The van der Waals surface area contributed by atoms with Gasteiger partial charge in [0.1, 0.15) is 5.82 Å². The van der Waals surface area contributed by atoms with Crippen LogP contribution in [0.2, 0.25) is 0 Å². The molecule has 0 saturated carbocycles. The number of piperazine rings is 1. The highest BCUT2D eigenvalue weighted by molar-refractivity contribution is 7.71. The molecule has 27 heavy (non-hydrogen) atoms. The highest BCUT2D eigenvalue weighted by Crippen LogP contribution is 2.18. The lowest BCUT2D eigenvalue weighted by atomic mass is 10.2. The molecular weight excluding hydrogens is 354 g/mol. The summed E-state index contributed by atoms with van der Waals surface area (Å²) >= 11 is 5.75. The van der Waals surface area contributed by atoms with Crippen molar-refractivity contribution in [3.05, 3.63) is 70.8 Å². The third kappa shape index (κ3) is 3.68. The summed E-state index contributed by atoms with van der Waals surface area (Å²) in [5, 5.41) is 4.72. The van der Waals surface area contributed by atoms with E-state index in [2.05, 4.69) is 69.8 Å². The number of hydrogen-bond donors (Lipinski definition) is 0. The predicted octanol–water partition coefficient (Wildman–Crippen LogP) is 3.80. The van der Waals surface area contributed by atoms with Gasteiger partial charge in [-0.1, -0.05) is 36.4 Å². The Bertz CT molecular complexity index is 968. The van der Waals surface area contributed by atoms with Gasteiger partial charge < -0.3 is 4.90 Å². The predicted molar refractivity (Wildman–Crippen MR) is 112 cm³/mol. The zero-order valence-electron chi connectivity index (χ0n) is 15.9. The Hall–Kier alpha value is -2.44. The van der Waals surface area contributed by atoms with Crippen molar-refractivity contribution in [2.24, 2.45) is 0 Å². The summed E-state index contributed by atoms with van der Waals surface area (Å²) in [7, 11) is 0. The van der Waals surface area contributed by atoms with Gasteiger partial charge in [-0.2, -0.15) is 5.10 Å². The van der Waals surface area contributed by atoms with Crippen molar-refractivity contribution in [3.63, 3.8) is 0 Å². The van der Waals surface area contributed by atoms with E-state index in [4.69, 9.17) is 17.3 Å². The zero-order valence-corrected chi connectivity index (χ0v) is 16.7. The molecule has 1 aliphatic rings. The van der Waals surface area contributed by atoms with Crippen LogP contribution in [0.5, 0.6) is 0 Å². The second-order valence-corrected chi connectivity index (χ2v) is 7.40. The summed E-state index contributed by atoms with van der Waals surface area (Å²) in [6.07, 6.45) is 0. The minimum atomic E-state index is 0.737. The lowest BCUT2D eigenvalue weighted by molar-refractivity contribution is 0.194. The van der Waals surface area contributed by atoms with Crippen molar-refractivity contribution in [1.29, 1.82) is 0 Å². The molecule has 0 N–H and O–H groups in total. The summed E-state index contributed by atoms with van der Waals surface area (Å²) in [5.74, 6) is 0.928. The number of hydrogen-bond acceptors (Lipinski definition) is 4. The van der Waals surface area contributed by atoms with E-state index >= 15 is 0 Å². The van der Waals surface area contributed by atoms with E-state index in [1.807, 2.05) is 17.7 Å². The van der Waals surface area contributed by atoms with Gasteiger partial charge in [0.2, 0.25) is 4.77 Å². The van der Waals surface area contributed by atoms with Crippen LogP contribution in [0, 0.1) is 18.6 Å². The summed E-state index contributed by atoms with van der Waals surface area (Å²) in [6, 6.07) is 18.9. The first kappa shape index (κ1) is 17.9. The number of nitrogens with zero attached hydrogens (tertiary/aromatic N) is 5. The number of aromatic nitrogens is 3. The molecule has 2 heterocycles. The van der Waals surface area contributed by atoms with Crippen molar-refractivity contribution in [3.8, 4) is 5.69 Å². The Morgan fingerprint density at radius 1 is 0.889 bits per heavy atom. The molecule has 2 aromatic carbocycles. The van der Waals surface area contributed by atoms with E-state index in [1.54, 1.807) is 0 Å². The van der Waals surface area contributed by atoms with Gasteiger partial charge in [-0.3, -0.25) is 9.47 Å². The Morgan fingerprint density at radius 2 is 1.56 bits per heavy atom. The van der Waals surface area contributed by atoms with Crippen molar-refractivity contribution < 1.29 is 0 Å². The Kier molecular flexibility index (Phi) is 5.09. The maximum atomic E-state index is 5.75. The average molecular weight is 380 g/mol. The van der Waals surface area contributed by atoms with E-state index < -0.39 is 0 Å². The zero-order chi connectivity index (χ0) is 18.8. The van der Waals surface area contributed by atoms with Crippen LogP contribution >= 0.6 is 12.2 Å². The third-order valence-corrected chi connectivity index (χ3v) is 5.58. The maximum absolute atomic E-state index is 5.75. The number of para-hydroxylation sites is 2. The van der Waals surface area contributed by atoms with Gasteiger partial charge in [0.15, 0.2) is 0 Å². The standard InChI is InChI=1S/C21H25N5S/c1-17-8-6-7-11-20(17)26-18(2)22-25(21(26)27)16-23-12-14-24(15-13-23)19-9-4-3-5-10-19/h3-11H,12-16H2,1-2H3. The molecule has 0 atom stereocenters. The molecule has 0 bridgehead atoms. The van der Waals surface area contributed by atoms with Crippen LogP contribution in [-0.2, 0) is 6.67 Å². The second-order valence-electron chi connectivity index (χ2n) is 7.03. The van der Waals surface area contributed by atoms with Gasteiger partial charge in [-0.05, 0) is 49.8 Å². The molecule has 4 rings (SSSR count). The van der Waals surface area contributed by atoms with E-state index in [0.717, 1.165) is 49.1 Å². The Balaban J connectivity index is 1.48. The molecule has 1 saturated heterocycles. The molecule has 0 amide bonds. The summed E-state index contributed by atoms with van der Waals surface area (Å²) in [5.41, 5.74) is 3.61. The SMILES string of the molecule is Cc1ccccc1-n1c(C)nn(CN2CCN(c3ccccc3)CC2)c1=S. The molecular formula is C21H25N5S. The summed E-state index contributed by atoms with van der Waals surface area (Å²) < 4.78 is 4.78. The maximum Gasteiger partial charge on any atom is 0.203 e. The first-order valence-electron chi connectivity index (χ1n) is 9.38.